The molecule has 0 aliphatic heterocycles. The smallest absolute Gasteiger partial charge is 0.211 e. The number of rotatable bonds is 7. The molecule has 1 aliphatic carbocycles. The number of benzene rings is 1. The third-order valence-electron chi connectivity index (χ3n) is 4.93. The van der Waals surface area contributed by atoms with E-state index in [1.54, 1.807) is 19.1 Å². The van der Waals surface area contributed by atoms with E-state index in [1.807, 2.05) is 12.1 Å². The van der Waals surface area contributed by atoms with E-state index in [9.17, 15) is 12.8 Å². The van der Waals surface area contributed by atoms with Crippen molar-refractivity contribution in [2.45, 2.75) is 38.6 Å². The maximum absolute atomic E-state index is 13.3. The lowest BCUT2D eigenvalue weighted by Gasteiger charge is -2.29. The highest BCUT2D eigenvalue weighted by atomic mass is 32.2. The van der Waals surface area contributed by atoms with Crippen molar-refractivity contribution in [3.63, 3.8) is 0 Å². The summed E-state index contributed by atoms with van der Waals surface area (Å²) >= 11 is 0. The van der Waals surface area contributed by atoms with E-state index in [2.05, 4.69) is 20.2 Å². The van der Waals surface area contributed by atoms with Crippen LogP contribution in [0.25, 0.3) is 11.3 Å². The van der Waals surface area contributed by atoms with Crippen LogP contribution in [0.3, 0.4) is 0 Å². The first-order chi connectivity index (χ1) is 12.9. The van der Waals surface area contributed by atoms with Crippen LogP contribution in [0.5, 0.6) is 0 Å². The van der Waals surface area contributed by atoms with E-state index in [1.165, 1.54) is 12.1 Å². The molecule has 146 valence electrons. The Morgan fingerprint density at radius 1 is 1.11 bits per heavy atom. The lowest BCUT2D eigenvalue weighted by atomic mass is 9.86. The Hall–Kier alpha value is -2.06. The van der Waals surface area contributed by atoms with Crippen LogP contribution in [0, 0.1) is 11.7 Å². The van der Waals surface area contributed by atoms with Gasteiger partial charge in [0, 0.05) is 18.2 Å². The van der Waals surface area contributed by atoms with Gasteiger partial charge in [0.25, 0.3) is 0 Å². The number of anilines is 1. The minimum atomic E-state index is -3.13. The molecule has 2 aromatic rings. The fourth-order valence-corrected chi connectivity index (χ4v) is 4.21. The monoisotopic (exact) mass is 392 g/mol. The Balaban J connectivity index is 1.47. The van der Waals surface area contributed by atoms with Crippen molar-refractivity contribution in [2.24, 2.45) is 5.92 Å². The minimum Gasteiger partial charge on any atom is -0.368 e. The van der Waals surface area contributed by atoms with Crippen LogP contribution in [0.1, 0.15) is 32.6 Å². The van der Waals surface area contributed by atoms with Gasteiger partial charge in [-0.1, -0.05) is 12.1 Å². The number of sulfonamides is 1. The van der Waals surface area contributed by atoms with Gasteiger partial charge in [0.15, 0.2) is 0 Å². The summed E-state index contributed by atoms with van der Waals surface area (Å²) in [7, 11) is -3.13. The predicted octanol–water partition coefficient (Wildman–Crippen LogP) is 3.19. The Morgan fingerprint density at radius 2 is 1.89 bits per heavy atom. The number of nitrogens with one attached hydrogen (secondary N) is 2. The maximum Gasteiger partial charge on any atom is 0.211 e. The summed E-state index contributed by atoms with van der Waals surface area (Å²) in [5.74, 6) is 0.994. The van der Waals surface area contributed by atoms with Gasteiger partial charge in [-0.3, -0.25) is 0 Å². The molecule has 1 aromatic heterocycles. The zero-order valence-corrected chi connectivity index (χ0v) is 16.2. The number of aromatic nitrogens is 2. The molecule has 1 aromatic carbocycles. The van der Waals surface area contributed by atoms with Gasteiger partial charge >= 0.3 is 0 Å². The molecule has 27 heavy (non-hydrogen) atoms. The van der Waals surface area contributed by atoms with Crippen molar-refractivity contribution < 1.29 is 12.8 Å². The van der Waals surface area contributed by atoms with Crippen LogP contribution < -0.4 is 10.0 Å². The molecule has 8 heteroatoms. The molecule has 0 atom stereocenters. The van der Waals surface area contributed by atoms with Crippen LogP contribution in [-0.2, 0) is 10.0 Å². The van der Waals surface area contributed by atoms with Gasteiger partial charge in [-0.05, 0) is 62.8 Å². The lowest BCUT2D eigenvalue weighted by molar-refractivity contribution is 0.324. The molecule has 1 heterocycles. The first-order valence-electron chi connectivity index (χ1n) is 9.28. The second kappa shape index (κ2) is 8.75. The molecule has 0 radical (unpaired) electrons. The highest BCUT2D eigenvalue weighted by Crippen LogP contribution is 2.25. The van der Waals surface area contributed by atoms with Crippen molar-refractivity contribution >= 4 is 15.8 Å². The molecule has 0 bridgehead atoms. The van der Waals surface area contributed by atoms with Crippen molar-refractivity contribution in [3.8, 4) is 11.3 Å². The van der Waals surface area contributed by atoms with Gasteiger partial charge in [0.1, 0.15) is 11.6 Å². The summed E-state index contributed by atoms with van der Waals surface area (Å²) in [4.78, 5) is 0. The summed E-state index contributed by atoms with van der Waals surface area (Å²) in [5, 5.41) is 11.6. The standard InChI is InChI=1S/C19H25FN4O2S/c1-2-27(25,26)24-17-8-6-14(7-9-17)13-21-19-11-10-18(22-23-19)15-4-3-5-16(20)12-15/h3-5,10-12,14,17,24H,2,6-9,13H2,1H3,(H,21,23)/t14-,17-. The Kier molecular flexibility index (Phi) is 6.38. The van der Waals surface area contributed by atoms with Crippen LogP contribution in [0.2, 0.25) is 0 Å². The van der Waals surface area contributed by atoms with Gasteiger partial charge in [0.2, 0.25) is 10.0 Å². The molecule has 0 amide bonds. The summed E-state index contributed by atoms with van der Waals surface area (Å²) < 4.78 is 39.4. The van der Waals surface area contributed by atoms with Crippen molar-refractivity contribution in [1.82, 2.24) is 14.9 Å². The lowest BCUT2D eigenvalue weighted by Crippen LogP contribution is -2.39. The average molecular weight is 393 g/mol. The van der Waals surface area contributed by atoms with Crippen molar-refractivity contribution in [1.29, 1.82) is 0 Å². The van der Waals surface area contributed by atoms with Gasteiger partial charge < -0.3 is 5.32 Å². The zero-order chi connectivity index (χ0) is 19.3. The Labute approximate surface area is 159 Å². The number of nitrogens with zero attached hydrogens (tertiary/aromatic N) is 2. The zero-order valence-electron chi connectivity index (χ0n) is 15.4. The molecule has 3 rings (SSSR count). The van der Waals surface area contributed by atoms with E-state index >= 15 is 0 Å². The van der Waals surface area contributed by atoms with Gasteiger partial charge in [-0.15, -0.1) is 10.2 Å². The fraction of sp³-hybridized carbons (Fsp3) is 0.474. The highest BCUT2D eigenvalue weighted by Gasteiger charge is 2.24. The third-order valence-corrected chi connectivity index (χ3v) is 6.38. The SMILES string of the molecule is CCS(=O)(=O)N[C@H]1CC[C@H](CNc2ccc(-c3cccc(F)c3)nn2)CC1. The largest absolute Gasteiger partial charge is 0.368 e. The van der Waals surface area contributed by atoms with Crippen LogP contribution in [0.15, 0.2) is 36.4 Å². The topological polar surface area (TPSA) is 84.0 Å². The molecule has 1 fully saturated rings. The van der Waals surface area contributed by atoms with Gasteiger partial charge in [0.05, 0.1) is 11.4 Å². The molecule has 1 aliphatic rings. The van der Waals surface area contributed by atoms with E-state index in [0.717, 1.165) is 32.2 Å². The summed E-state index contributed by atoms with van der Waals surface area (Å²) in [6.07, 6.45) is 3.66. The van der Waals surface area contributed by atoms with E-state index in [0.29, 0.717) is 23.0 Å². The molecule has 0 spiro atoms. The molecule has 0 unspecified atom stereocenters. The fourth-order valence-electron chi connectivity index (χ4n) is 3.30. The molecular formula is C19H25FN4O2S. The predicted molar refractivity (Wildman–Crippen MR) is 104 cm³/mol. The van der Waals surface area contributed by atoms with Gasteiger partial charge in [-0.2, -0.15) is 0 Å². The van der Waals surface area contributed by atoms with Crippen LogP contribution >= 0.6 is 0 Å². The Bertz CT molecular complexity index is 850. The molecule has 2 N–H and O–H groups in total. The van der Waals surface area contributed by atoms with Crippen molar-refractivity contribution in [3.05, 3.63) is 42.2 Å². The molecule has 6 nitrogen and oxygen atoms in total. The van der Waals surface area contributed by atoms with Crippen LogP contribution in [0.4, 0.5) is 10.2 Å². The summed E-state index contributed by atoms with van der Waals surface area (Å²) in [6, 6.07) is 9.99. The minimum absolute atomic E-state index is 0.0524. The normalized spacial score (nSPS) is 20.4. The van der Waals surface area contributed by atoms with Gasteiger partial charge in [-0.25, -0.2) is 17.5 Å². The number of halogens is 1. The third kappa shape index (κ3) is 5.71. The second-order valence-electron chi connectivity index (χ2n) is 6.93. The average Bonchev–Trinajstić information content (AvgIpc) is 2.68. The summed E-state index contributed by atoms with van der Waals surface area (Å²) in [6.45, 7) is 2.43. The van der Waals surface area contributed by atoms with E-state index in [4.69, 9.17) is 0 Å². The maximum atomic E-state index is 13.3. The number of hydrogen-bond acceptors (Lipinski definition) is 5. The Morgan fingerprint density at radius 3 is 2.52 bits per heavy atom. The van der Waals surface area contributed by atoms with E-state index < -0.39 is 10.0 Å². The molecular weight excluding hydrogens is 367 g/mol. The second-order valence-corrected chi connectivity index (χ2v) is 8.98. The summed E-state index contributed by atoms with van der Waals surface area (Å²) in [5.41, 5.74) is 1.32. The van der Waals surface area contributed by atoms with Crippen molar-refractivity contribution in [2.75, 3.05) is 17.6 Å². The quantitative estimate of drug-likeness (QED) is 0.756. The molecule has 1 saturated carbocycles. The first kappa shape index (κ1) is 19.7. The van der Waals surface area contributed by atoms with Crippen LogP contribution in [-0.4, -0.2) is 37.0 Å². The highest BCUT2D eigenvalue weighted by molar-refractivity contribution is 7.89. The first-order valence-corrected chi connectivity index (χ1v) is 10.9. The van der Waals surface area contributed by atoms with E-state index in [-0.39, 0.29) is 17.6 Å². The number of hydrogen-bond donors (Lipinski definition) is 2. The molecule has 0 saturated heterocycles.